The third-order valence-corrected chi connectivity index (χ3v) is 9.29. The van der Waals surface area contributed by atoms with Crippen molar-refractivity contribution in [2.45, 2.75) is 96.4 Å². The van der Waals surface area contributed by atoms with Gasteiger partial charge in [-0.3, -0.25) is 14.4 Å². The molecule has 1 aromatic rings. The summed E-state index contributed by atoms with van der Waals surface area (Å²) in [4.78, 5) is 48.9. The molecule has 2 bridgehead atoms. The average Bonchev–Trinajstić information content (AvgIpc) is 3.58. The smallest absolute Gasteiger partial charge is 0.249 e. The van der Waals surface area contributed by atoms with Gasteiger partial charge in [-0.15, -0.1) is 13.2 Å². The van der Waals surface area contributed by atoms with Crippen molar-refractivity contribution in [3.8, 4) is 0 Å². The van der Waals surface area contributed by atoms with Crippen LogP contribution in [0.25, 0.3) is 0 Å². The molecule has 1 aromatic carbocycles. The molecular formula is C35H51N3O5. The van der Waals surface area contributed by atoms with Crippen LogP contribution >= 0.6 is 0 Å². The minimum atomic E-state index is -1.07. The number of unbranched alkanes of at least 4 members (excludes halogenated alkanes) is 2. The zero-order valence-corrected chi connectivity index (χ0v) is 26.8. The number of benzene rings is 1. The van der Waals surface area contributed by atoms with Gasteiger partial charge in [-0.2, -0.15) is 0 Å². The highest BCUT2D eigenvalue weighted by Crippen LogP contribution is 2.59. The molecule has 1 spiro atoms. The van der Waals surface area contributed by atoms with Crippen molar-refractivity contribution in [2.75, 3.05) is 31.1 Å². The number of amides is 3. The van der Waals surface area contributed by atoms with E-state index < -0.39 is 35.1 Å². The molecule has 1 N–H and O–H groups in total. The number of likely N-dealkylation sites (tertiary alicyclic amines) is 1. The maximum Gasteiger partial charge on any atom is 0.249 e. The summed E-state index contributed by atoms with van der Waals surface area (Å²) in [7, 11) is 0. The first-order chi connectivity index (χ1) is 20.3. The van der Waals surface area contributed by atoms with Crippen LogP contribution in [0.4, 0.5) is 5.69 Å². The molecule has 0 saturated carbocycles. The van der Waals surface area contributed by atoms with E-state index in [-0.39, 0.29) is 29.7 Å². The number of ether oxygens (including phenoxy) is 1. The van der Waals surface area contributed by atoms with Crippen LogP contribution in [-0.4, -0.2) is 82.2 Å². The highest BCUT2D eigenvalue weighted by molar-refractivity contribution is 6.03. The normalized spacial score (nSPS) is 26.4. The Balaban J connectivity index is 1.75. The molecular weight excluding hydrogens is 542 g/mol. The minimum Gasteiger partial charge on any atom is -0.396 e. The Labute approximate surface area is 257 Å². The summed E-state index contributed by atoms with van der Waals surface area (Å²) in [5.74, 6) is -1.92. The van der Waals surface area contributed by atoms with Crippen molar-refractivity contribution < 1.29 is 24.2 Å². The van der Waals surface area contributed by atoms with Gasteiger partial charge in [0.05, 0.1) is 17.9 Å². The van der Waals surface area contributed by atoms with E-state index in [9.17, 15) is 19.5 Å². The first-order valence-electron chi connectivity index (χ1n) is 15.8. The quantitative estimate of drug-likeness (QED) is 0.243. The van der Waals surface area contributed by atoms with E-state index in [4.69, 9.17) is 4.74 Å². The Hall–Kier alpha value is -2.97. The summed E-state index contributed by atoms with van der Waals surface area (Å²) in [6.45, 7) is 19.5. The van der Waals surface area contributed by atoms with Crippen LogP contribution in [0.2, 0.25) is 0 Å². The second-order valence-corrected chi connectivity index (χ2v) is 14.2. The van der Waals surface area contributed by atoms with Crippen molar-refractivity contribution in [3.63, 3.8) is 0 Å². The Kier molecular flexibility index (Phi) is 9.92. The van der Waals surface area contributed by atoms with Gasteiger partial charge < -0.3 is 24.5 Å². The minimum absolute atomic E-state index is 0.0363. The molecule has 8 nitrogen and oxygen atoms in total. The molecule has 236 valence electrons. The SMILES string of the molecule is C=CCN(C(=O)[C@@H]1[C@H]2C(=O)N(CCCCCO)C(C(=O)N(CC=C)C(C)(C)CC(C)(C)C)C23CC[C@H]1O3)c1ccccc1. The Bertz CT molecular complexity index is 1190. The van der Waals surface area contributed by atoms with E-state index in [2.05, 4.69) is 47.8 Å². The summed E-state index contributed by atoms with van der Waals surface area (Å²) < 4.78 is 6.74. The van der Waals surface area contributed by atoms with E-state index in [1.165, 1.54) is 0 Å². The predicted octanol–water partition coefficient (Wildman–Crippen LogP) is 4.97. The molecule has 0 aromatic heterocycles. The topological polar surface area (TPSA) is 90.4 Å². The van der Waals surface area contributed by atoms with Crippen LogP contribution in [-0.2, 0) is 19.1 Å². The van der Waals surface area contributed by atoms with Crippen molar-refractivity contribution in [1.29, 1.82) is 0 Å². The number of hydrogen-bond acceptors (Lipinski definition) is 5. The van der Waals surface area contributed by atoms with Gasteiger partial charge in [-0.25, -0.2) is 0 Å². The van der Waals surface area contributed by atoms with E-state index in [0.29, 0.717) is 45.3 Å². The number of fused-ring (bicyclic) bond motifs is 1. The predicted molar refractivity (Wildman–Crippen MR) is 169 cm³/mol. The fourth-order valence-corrected chi connectivity index (χ4v) is 8.07. The summed E-state index contributed by atoms with van der Waals surface area (Å²) in [6.07, 6.45) is 6.94. The standard InChI is InChI=1S/C35H51N3O5/c1-8-20-36(25-16-12-10-13-17-25)30(40)27-26-18-19-35(43-26)28(27)31(41)37(22-14-11-15-23-39)29(35)32(42)38(21-9-2)34(6,7)24-33(3,4)5/h8-10,12-13,16-17,26-29,39H,1-2,11,14-15,18-24H2,3-7H3/t26-,27+,28+,29?,35?/m1/s1. The molecule has 3 amide bonds. The van der Waals surface area contributed by atoms with E-state index in [1.54, 1.807) is 22.0 Å². The van der Waals surface area contributed by atoms with Crippen LogP contribution < -0.4 is 4.90 Å². The summed E-state index contributed by atoms with van der Waals surface area (Å²) in [5, 5.41) is 9.35. The molecule has 3 heterocycles. The fourth-order valence-electron chi connectivity index (χ4n) is 8.07. The molecule has 5 atom stereocenters. The number of aliphatic hydroxyl groups is 1. The lowest BCUT2D eigenvalue weighted by Crippen LogP contribution is -2.61. The van der Waals surface area contributed by atoms with Gasteiger partial charge in [0.25, 0.3) is 0 Å². The van der Waals surface area contributed by atoms with Crippen LogP contribution in [0.15, 0.2) is 55.6 Å². The highest BCUT2D eigenvalue weighted by atomic mass is 16.5. The third-order valence-electron chi connectivity index (χ3n) is 9.29. The monoisotopic (exact) mass is 593 g/mol. The van der Waals surface area contributed by atoms with E-state index >= 15 is 0 Å². The summed E-state index contributed by atoms with van der Waals surface area (Å²) in [6, 6.07) is 8.60. The van der Waals surface area contributed by atoms with Crippen LogP contribution in [0.5, 0.6) is 0 Å². The molecule has 3 saturated heterocycles. The van der Waals surface area contributed by atoms with Crippen molar-refractivity contribution in [2.24, 2.45) is 17.3 Å². The number of hydrogen-bond donors (Lipinski definition) is 1. The Morgan fingerprint density at radius 3 is 2.33 bits per heavy atom. The van der Waals surface area contributed by atoms with E-state index in [0.717, 1.165) is 18.5 Å². The first kappa shape index (κ1) is 32.9. The molecule has 0 radical (unpaired) electrons. The van der Waals surface area contributed by atoms with Crippen LogP contribution in [0.1, 0.15) is 73.1 Å². The number of nitrogens with zero attached hydrogens (tertiary/aromatic N) is 3. The molecule has 0 aliphatic carbocycles. The summed E-state index contributed by atoms with van der Waals surface area (Å²) in [5.41, 5.74) is -0.872. The fraction of sp³-hybridized carbons (Fsp3) is 0.629. The maximum atomic E-state index is 14.8. The average molecular weight is 594 g/mol. The Morgan fingerprint density at radius 1 is 1.05 bits per heavy atom. The van der Waals surface area contributed by atoms with Crippen molar-refractivity contribution >= 4 is 23.4 Å². The number of rotatable bonds is 14. The largest absolute Gasteiger partial charge is 0.396 e. The van der Waals surface area contributed by atoms with Gasteiger partial charge in [0.1, 0.15) is 11.6 Å². The lowest BCUT2D eigenvalue weighted by molar-refractivity contribution is -0.152. The lowest BCUT2D eigenvalue weighted by Gasteiger charge is -2.45. The highest BCUT2D eigenvalue weighted by Gasteiger charge is 2.75. The molecule has 3 aliphatic heterocycles. The van der Waals surface area contributed by atoms with Gasteiger partial charge in [-0.1, -0.05) is 51.1 Å². The van der Waals surface area contributed by atoms with Gasteiger partial charge in [0.15, 0.2) is 0 Å². The molecule has 3 aliphatic rings. The maximum absolute atomic E-state index is 14.8. The molecule has 2 unspecified atom stereocenters. The number of carbonyl (C=O) groups excluding carboxylic acids is 3. The molecule has 43 heavy (non-hydrogen) atoms. The van der Waals surface area contributed by atoms with Crippen molar-refractivity contribution in [1.82, 2.24) is 9.80 Å². The van der Waals surface area contributed by atoms with Gasteiger partial charge in [0.2, 0.25) is 17.7 Å². The molecule has 8 heteroatoms. The third kappa shape index (κ3) is 6.32. The van der Waals surface area contributed by atoms with Crippen LogP contribution in [0.3, 0.4) is 0 Å². The zero-order chi connectivity index (χ0) is 31.6. The number of carbonyl (C=O) groups is 3. The molecule has 4 rings (SSSR count). The van der Waals surface area contributed by atoms with Gasteiger partial charge in [0, 0.05) is 37.5 Å². The Morgan fingerprint density at radius 2 is 1.72 bits per heavy atom. The van der Waals surface area contributed by atoms with Crippen molar-refractivity contribution in [3.05, 3.63) is 55.6 Å². The second kappa shape index (κ2) is 12.9. The first-order valence-corrected chi connectivity index (χ1v) is 15.8. The number of anilines is 1. The van der Waals surface area contributed by atoms with Gasteiger partial charge in [-0.05, 0) is 69.9 Å². The lowest BCUT2D eigenvalue weighted by atomic mass is 9.70. The van der Waals surface area contributed by atoms with Gasteiger partial charge >= 0.3 is 0 Å². The number of para-hydroxylation sites is 1. The molecule has 3 fully saturated rings. The zero-order valence-electron chi connectivity index (χ0n) is 26.8. The van der Waals surface area contributed by atoms with E-state index in [1.807, 2.05) is 35.2 Å². The number of aliphatic hydroxyl groups excluding tert-OH is 1. The van der Waals surface area contributed by atoms with Crippen LogP contribution in [0, 0.1) is 17.3 Å². The summed E-state index contributed by atoms with van der Waals surface area (Å²) >= 11 is 0. The second-order valence-electron chi connectivity index (χ2n) is 14.2.